The number of aromatic nitrogens is 4. The van der Waals surface area contributed by atoms with Gasteiger partial charge in [-0.15, -0.1) is 0 Å². The number of H-pyrrole nitrogens is 1. The highest BCUT2D eigenvalue weighted by atomic mass is 16.2. The van der Waals surface area contributed by atoms with Gasteiger partial charge in [-0.05, 0) is 48.7 Å². The van der Waals surface area contributed by atoms with Crippen LogP contribution in [0.5, 0.6) is 0 Å². The van der Waals surface area contributed by atoms with Gasteiger partial charge in [0.25, 0.3) is 11.8 Å². The number of likely N-dealkylation sites (tertiary alicyclic amines) is 2. The van der Waals surface area contributed by atoms with E-state index in [0.717, 1.165) is 35.1 Å². The minimum atomic E-state index is -0.0744. The van der Waals surface area contributed by atoms with Crippen LogP contribution >= 0.6 is 0 Å². The normalized spacial score (nSPS) is 20.3. The van der Waals surface area contributed by atoms with E-state index >= 15 is 0 Å². The number of carbonyl (C=O) groups is 2. The van der Waals surface area contributed by atoms with E-state index in [1.165, 1.54) is 0 Å². The molecule has 1 aliphatic carbocycles. The van der Waals surface area contributed by atoms with Gasteiger partial charge in [-0.2, -0.15) is 0 Å². The van der Waals surface area contributed by atoms with Gasteiger partial charge in [0.2, 0.25) is 0 Å². The molecular weight excluding hydrogens is 464 g/mol. The lowest BCUT2D eigenvalue weighted by Gasteiger charge is -2.22. The number of hydrogen-bond acceptors (Lipinski definition) is 5. The predicted molar refractivity (Wildman–Crippen MR) is 140 cm³/mol. The van der Waals surface area contributed by atoms with E-state index in [1.54, 1.807) is 6.07 Å². The molecule has 4 aromatic rings. The zero-order valence-corrected chi connectivity index (χ0v) is 20.3. The van der Waals surface area contributed by atoms with Crippen LogP contribution in [-0.4, -0.2) is 67.7 Å². The van der Waals surface area contributed by atoms with E-state index in [9.17, 15) is 9.59 Å². The molecule has 5 heterocycles. The number of nitrogens with zero attached hydrogens (tertiary/aromatic N) is 5. The fourth-order valence-electron chi connectivity index (χ4n) is 5.82. The molecule has 0 bridgehead atoms. The number of nitrogens with one attached hydrogen (secondary N) is 1. The second-order valence-electron chi connectivity index (χ2n) is 10.1. The smallest absolute Gasteiger partial charge is 0.272 e. The second-order valence-corrected chi connectivity index (χ2v) is 10.1. The Kier molecular flexibility index (Phi) is 5.13. The Labute approximate surface area is 214 Å². The van der Waals surface area contributed by atoms with Crippen LogP contribution in [0, 0.1) is 11.8 Å². The van der Waals surface area contributed by atoms with Crippen molar-refractivity contribution < 1.29 is 9.59 Å². The number of aryl methyl sites for hydroxylation is 1. The van der Waals surface area contributed by atoms with Crippen LogP contribution in [0.1, 0.15) is 38.7 Å². The van der Waals surface area contributed by atoms with Gasteiger partial charge in [0.15, 0.2) is 5.82 Å². The minimum Gasteiger partial charge on any atom is -0.337 e. The quantitative estimate of drug-likeness (QED) is 0.471. The molecule has 3 aliphatic rings. The van der Waals surface area contributed by atoms with Crippen molar-refractivity contribution in [3.05, 3.63) is 83.3 Å². The Balaban J connectivity index is 1.03. The van der Waals surface area contributed by atoms with Crippen molar-refractivity contribution in [1.82, 2.24) is 29.7 Å². The van der Waals surface area contributed by atoms with Crippen LogP contribution in [0.4, 0.5) is 0 Å². The van der Waals surface area contributed by atoms with Crippen LogP contribution in [-0.2, 0) is 6.42 Å². The molecule has 2 saturated heterocycles. The number of pyridine rings is 2. The first-order valence-corrected chi connectivity index (χ1v) is 12.8. The van der Waals surface area contributed by atoms with E-state index in [4.69, 9.17) is 0 Å². The summed E-state index contributed by atoms with van der Waals surface area (Å²) in [6.07, 6.45) is 6.06. The molecule has 184 valence electrons. The number of imidazole rings is 1. The summed E-state index contributed by atoms with van der Waals surface area (Å²) in [5, 5.41) is 0. The molecule has 8 nitrogen and oxygen atoms in total. The van der Waals surface area contributed by atoms with Gasteiger partial charge in [-0.3, -0.25) is 9.59 Å². The molecule has 37 heavy (non-hydrogen) atoms. The van der Waals surface area contributed by atoms with Crippen molar-refractivity contribution >= 4 is 28.9 Å². The standard InChI is InChI=1S/C29H26N6O2/c36-28(25-11-5-10-24(31-25)27-32-22-8-3-4-9-23(22)33-27)34-14-19-16-35(17-20(19)15-34)29(37)26-13-12-18-6-1-2-7-21(18)30-26/h1,3-6,8-13,19-20H,2,7,14-17H2,(H,32,33). The summed E-state index contributed by atoms with van der Waals surface area (Å²) in [5.41, 5.74) is 5.49. The van der Waals surface area contributed by atoms with Gasteiger partial charge in [0.05, 0.1) is 11.0 Å². The lowest BCUT2D eigenvalue weighted by Crippen LogP contribution is -2.36. The van der Waals surface area contributed by atoms with Gasteiger partial charge in [0, 0.05) is 43.7 Å². The molecule has 7 rings (SSSR count). The molecule has 2 amide bonds. The molecule has 2 unspecified atom stereocenters. The Hall–Kier alpha value is -4.33. The lowest BCUT2D eigenvalue weighted by molar-refractivity contribution is 0.0732. The Bertz CT molecular complexity index is 1530. The first kappa shape index (κ1) is 21.9. The number of hydrogen-bond donors (Lipinski definition) is 1. The third kappa shape index (κ3) is 3.89. The Morgan fingerprint density at radius 1 is 0.784 bits per heavy atom. The van der Waals surface area contributed by atoms with E-state index < -0.39 is 0 Å². The van der Waals surface area contributed by atoms with Crippen molar-refractivity contribution in [2.75, 3.05) is 26.2 Å². The summed E-state index contributed by atoms with van der Waals surface area (Å²) < 4.78 is 0. The highest BCUT2D eigenvalue weighted by Gasteiger charge is 2.43. The maximum Gasteiger partial charge on any atom is 0.272 e. The summed E-state index contributed by atoms with van der Waals surface area (Å²) in [6, 6.07) is 17.1. The zero-order chi connectivity index (χ0) is 24.9. The first-order chi connectivity index (χ1) is 18.1. The molecule has 2 aliphatic heterocycles. The van der Waals surface area contributed by atoms with E-state index in [1.807, 2.05) is 58.3 Å². The second kappa shape index (κ2) is 8.65. The third-order valence-corrected chi connectivity index (χ3v) is 7.73. The predicted octanol–water partition coefficient (Wildman–Crippen LogP) is 3.82. The number of carbonyl (C=O) groups excluding carboxylic acids is 2. The van der Waals surface area contributed by atoms with E-state index in [0.29, 0.717) is 49.1 Å². The molecule has 0 spiro atoms. The molecule has 2 atom stereocenters. The van der Waals surface area contributed by atoms with Crippen molar-refractivity contribution in [1.29, 1.82) is 0 Å². The summed E-state index contributed by atoms with van der Waals surface area (Å²) >= 11 is 0. The number of amides is 2. The van der Waals surface area contributed by atoms with Crippen LogP contribution in [0.25, 0.3) is 28.6 Å². The Morgan fingerprint density at radius 3 is 2.27 bits per heavy atom. The average Bonchev–Trinajstić information content (AvgIpc) is 3.65. The number of para-hydroxylation sites is 2. The largest absolute Gasteiger partial charge is 0.337 e. The number of fused-ring (bicyclic) bond motifs is 3. The number of allylic oxidation sites excluding steroid dienone is 1. The van der Waals surface area contributed by atoms with Crippen molar-refractivity contribution in [2.24, 2.45) is 11.8 Å². The molecule has 0 saturated carbocycles. The Morgan fingerprint density at radius 2 is 1.51 bits per heavy atom. The number of rotatable bonds is 3. The fraction of sp³-hybridized carbons (Fsp3) is 0.276. The number of benzene rings is 1. The number of aromatic amines is 1. The average molecular weight is 491 g/mol. The maximum atomic E-state index is 13.3. The fourth-order valence-corrected chi connectivity index (χ4v) is 5.82. The monoisotopic (exact) mass is 490 g/mol. The summed E-state index contributed by atoms with van der Waals surface area (Å²) in [5.74, 6) is 1.11. The maximum absolute atomic E-state index is 13.3. The zero-order valence-electron chi connectivity index (χ0n) is 20.3. The minimum absolute atomic E-state index is 0.00941. The van der Waals surface area contributed by atoms with Crippen molar-refractivity contribution in [3.8, 4) is 11.5 Å². The summed E-state index contributed by atoms with van der Waals surface area (Å²) in [7, 11) is 0. The third-order valence-electron chi connectivity index (χ3n) is 7.73. The van der Waals surface area contributed by atoms with Crippen molar-refractivity contribution in [3.63, 3.8) is 0 Å². The SMILES string of the molecule is O=C(c1cccc(-c2nc3ccccc3[nH]2)n1)N1CC2CN(C(=O)c3ccc4c(n3)CCC=C4)CC2C1. The van der Waals surface area contributed by atoms with Gasteiger partial charge >= 0.3 is 0 Å². The van der Waals surface area contributed by atoms with Gasteiger partial charge in [-0.25, -0.2) is 15.0 Å². The van der Waals surface area contributed by atoms with Crippen LogP contribution < -0.4 is 0 Å². The van der Waals surface area contributed by atoms with E-state index in [-0.39, 0.29) is 23.7 Å². The topological polar surface area (TPSA) is 95.1 Å². The van der Waals surface area contributed by atoms with Crippen molar-refractivity contribution in [2.45, 2.75) is 12.8 Å². The highest BCUT2D eigenvalue weighted by Crippen LogP contribution is 2.33. The summed E-state index contributed by atoms with van der Waals surface area (Å²) in [4.78, 5) is 47.5. The van der Waals surface area contributed by atoms with Crippen LogP contribution in [0.2, 0.25) is 0 Å². The first-order valence-electron chi connectivity index (χ1n) is 12.8. The molecule has 8 heteroatoms. The molecule has 3 aromatic heterocycles. The van der Waals surface area contributed by atoms with Gasteiger partial charge in [0.1, 0.15) is 17.1 Å². The molecule has 1 aromatic carbocycles. The lowest BCUT2D eigenvalue weighted by atomic mass is 10.0. The highest BCUT2D eigenvalue weighted by molar-refractivity contribution is 5.94. The molecule has 1 N–H and O–H groups in total. The van der Waals surface area contributed by atoms with Gasteiger partial charge in [-0.1, -0.05) is 36.4 Å². The molecule has 2 fully saturated rings. The van der Waals surface area contributed by atoms with Gasteiger partial charge < -0.3 is 14.8 Å². The molecule has 0 radical (unpaired) electrons. The van der Waals surface area contributed by atoms with Crippen LogP contribution in [0.15, 0.2) is 60.7 Å². The van der Waals surface area contributed by atoms with Crippen LogP contribution in [0.3, 0.4) is 0 Å². The van der Waals surface area contributed by atoms with E-state index in [2.05, 4.69) is 32.1 Å². The summed E-state index contributed by atoms with van der Waals surface area (Å²) in [6.45, 7) is 2.56. The molecular formula is C29H26N6O2.